The first-order valence-electron chi connectivity index (χ1n) is 8.15. The highest BCUT2D eigenvalue weighted by molar-refractivity contribution is 5.21. The number of nitrogens with zero attached hydrogens (tertiary/aromatic N) is 1. The number of nitrogens with two attached hydrogens (primary N) is 1. The molecule has 1 heterocycles. The van der Waals surface area contributed by atoms with Crippen LogP contribution in [0.3, 0.4) is 0 Å². The molecule has 2 heteroatoms. The lowest BCUT2D eigenvalue weighted by Crippen LogP contribution is -2.43. The van der Waals surface area contributed by atoms with Crippen molar-refractivity contribution in [2.45, 2.75) is 52.0 Å². The Kier molecular flexibility index (Phi) is 5.22. The second-order valence-electron chi connectivity index (χ2n) is 6.43. The molecular formula is C18H30N2. The molecule has 2 rings (SSSR count). The van der Waals surface area contributed by atoms with Gasteiger partial charge in [-0.1, -0.05) is 51.1 Å². The van der Waals surface area contributed by atoms with E-state index < -0.39 is 0 Å². The number of rotatable bonds is 6. The Hall–Kier alpha value is -0.860. The lowest BCUT2D eigenvalue weighted by Gasteiger charge is -2.34. The molecule has 0 spiro atoms. The standard InChI is InChI=1S/C18H30N2/c1-4-18(5-2)11-12-20(14-18)17(13-19)15(3)16-9-7-6-8-10-16/h6-10,15,17H,4-5,11-14,19H2,1-3H3. The number of benzene rings is 1. The van der Waals surface area contributed by atoms with Gasteiger partial charge >= 0.3 is 0 Å². The van der Waals surface area contributed by atoms with Crippen LogP contribution in [-0.2, 0) is 0 Å². The largest absolute Gasteiger partial charge is 0.329 e. The summed E-state index contributed by atoms with van der Waals surface area (Å²) in [5, 5.41) is 0. The Bertz CT molecular complexity index is 397. The van der Waals surface area contributed by atoms with Crippen LogP contribution in [0.25, 0.3) is 0 Å². The Morgan fingerprint density at radius 2 is 1.85 bits per heavy atom. The number of likely N-dealkylation sites (tertiary alicyclic amines) is 1. The second kappa shape index (κ2) is 6.73. The van der Waals surface area contributed by atoms with E-state index in [0.717, 1.165) is 6.54 Å². The third-order valence-corrected chi connectivity index (χ3v) is 5.58. The van der Waals surface area contributed by atoms with Crippen LogP contribution in [0.4, 0.5) is 0 Å². The van der Waals surface area contributed by atoms with E-state index >= 15 is 0 Å². The van der Waals surface area contributed by atoms with Crippen LogP contribution >= 0.6 is 0 Å². The quantitative estimate of drug-likeness (QED) is 0.858. The topological polar surface area (TPSA) is 29.3 Å². The molecule has 0 amide bonds. The van der Waals surface area contributed by atoms with Crippen molar-refractivity contribution in [3.05, 3.63) is 35.9 Å². The predicted octanol–water partition coefficient (Wildman–Crippen LogP) is 3.63. The van der Waals surface area contributed by atoms with Gasteiger partial charge in [-0.15, -0.1) is 0 Å². The highest BCUT2D eigenvalue weighted by atomic mass is 15.2. The molecule has 2 unspecified atom stereocenters. The number of hydrogen-bond donors (Lipinski definition) is 1. The minimum atomic E-state index is 0.470. The summed E-state index contributed by atoms with van der Waals surface area (Å²) in [5.74, 6) is 0.505. The molecule has 0 saturated carbocycles. The highest BCUT2D eigenvalue weighted by Crippen LogP contribution is 2.39. The van der Waals surface area contributed by atoms with Gasteiger partial charge < -0.3 is 5.73 Å². The van der Waals surface area contributed by atoms with E-state index in [4.69, 9.17) is 5.73 Å². The second-order valence-corrected chi connectivity index (χ2v) is 6.43. The van der Waals surface area contributed by atoms with Crippen LogP contribution in [-0.4, -0.2) is 30.6 Å². The van der Waals surface area contributed by atoms with E-state index in [1.54, 1.807) is 0 Å². The van der Waals surface area contributed by atoms with E-state index in [-0.39, 0.29) is 0 Å². The smallest absolute Gasteiger partial charge is 0.0284 e. The van der Waals surface area contributed by atoms with E-state index in [2.05, 4.69) is 56.0 Å². The van der Waals surface area contributed by atoms with Crippen LogP contribution in [0.15, 0.2) is 30.3 Å². The van der Waals surface area contributed by atoms with Crippen molar-refractivity contribution in [3.8, 4) is 0 Å². The van der Waals surface area contributed by atoms with Gasteiger partial charge in [0.2, 0.25) is 0 Å². The molecule has 0 aromatic heterocycles. The molecule has 2 nitrogen and oxygen atoms in total. The van der Waals surface area contributed by atoms with E-state index in [0.29, 0.717) is 17.4 Å². The molecule has 2 N–H and O–H groups in total. The van der Waals surface area contributed by atoms with Gasteiger partial charge in [0, 0.05) is 19.1 Å². The molecule has 1 saturated heterocycles. The minimum Gasteiger partial charge on any atom is -0.329 e. The van der Waals surface area contributed by atoms with Gasteiger partial charge in [-0.05, 0) is 42.7 Å². The molecule has 1 aliphatic heterocycles. The summed E-state index contributed by atoms with van der Waals surface area (Å²) in [7, 11) is 0. The summed E-state index contributed by atoms with van der Waals surface area (Å²) >= 11 is 0. The van der Waals surface area contributed by atoms with Gasteiger partial charge in [0.15, 0.2) is 0 Å². The van der Waals surface area contributed by atoms with E-state index in [1.165, 1.54) is 37.9 Å². The van der Waals surface area contributed by atoms with Crippen molar-refractivity contribution in [1.29, 1.82) is 0 Å². The molecule has 1 aliphatic rings. The van der Waals surface area contributed by atoms with Crippen LogP contribution in [0.1, 0.15) is 51.5 Å². The van der Waals surface area contributed by atoms with Crippen LogP contribution < -0.4 is 5.73 Å². The zero-order chi connectivity index (χ0) is 14.6. The van der Waals surface area contributed by atoms with Crippen LogP contribution in [0.5, 0.6) is 0 Å². The maximum atomic E-state index is 6.12. The van der Waals surface area contributed by atoms with Crippen molar-refractivity contribution >= 4 is 0 Å². The molecule has 2 atom stereocenters. The van der Waals surface area contributed by atoms with E-state index in [1.807, 2.05) is 0 Å². The van der Waals surface area contributed by atoms with Crippen LogP contribution in [0, 0.1) is 5.41 Å². The van der Waals surface area contributed by atoms with Gasteiger partial charge in [-0.25, -0.2) is 0 Å². The zero-order valence-corrected chi connectivity index (χ0v) is 13.3. The van der Waals surface area contributed by atoms with Crippen LogP contribution in [0.2, 0.25) is 0 Å². The monoisotopic (exact) mass is 274 g/mol. The summed E-state index contributed by atoms with van der Waals surface area (Å²) in [6.45, 7) is 10.2. The van der Waals surface area contributed by atoms with Gasteiger partial charge in [0.1, 0.15) is 0 Å². The van der Waals surface area contributed by atoms with E-state index in [9.17, 15) is 0 Å². The molecule has 20 heavy (non-hydrogen) atoms. The van der Waals surface area contributed by atoms with Gasteiger partial charge in [0.05, 0.1) is 0 Å². The van der Waals surface area contributed by atoms with Crippen molar-refractivity contribution in [3.63, 3.8) is 0 Å². The lowest BCUT2D eigenvalue weighted by molar-refractivity contribution is 0.180. The molecule has 112 valence electrons. The molecule has 0 aliphatic carbocycles. The molecule has 1 aromatic rings. The maximum Gasteiger partial charge on any atom is 0.0284 e. The third-order valence-electron chi connectivity index (χ3n) is 5.58. The fourth-order valence-electron chi connectivity index (χ4n) is 3.73. The van der Waals surface area contributed by atoms with Gasteiger partial charge in [0.25, 0.3) is 0 Å². The molecule has 1 fully saturated rings. The highest BCUT2D eigenvalue weighted by Gasteiger charge is 2.38. The lowest BCUT2D eigenvalue weighted by atomic mass is 9.81. The molecular weight excluding hydrogens is 244 g/mol. The normalized spacial score (nSPS) is 21.8. The summed E-state index contributed by atoms with van der Waals surface area (Å²) in [5.41, 5.74) is 8.06. The SMILES string of the molecule is CCC1(CC)CCN(C(CN)C(C)c2ccccc2)C1. The summed E-state index contributed by atoms with van der Waals surface area (Å²) in [4.78, 5) is 2.64. The fraction of sp³-hybridized carbons (Fsp3) is 0.667. The predicted molar refractivity (Wildman–Crippen MR) is 86.9 cm³/mol. The molecule has 0 bridgehead atoms. The molecule has 1 aromatic carbocycles. The fourth-order valence-corrected chi connectivity index (χ4v) is 3.73. The van der Waals surface area contributed by atoms with Gasteiger partial charge in [-0.3, -0.25) is 4.90 Å². The van der Waals surface area contributed by atoms with Crippen molar-refractivity contribution < 1.29 is 0 Å². The first kappa shape index (κ1) is 15.5. The summed E-state index contributed by atoms with van der Waals surface area (Å²) < 4.78 is 0. The van der Waals surface area contributed by atoms with Gasteiger partial charge in [-0.2, -0.15) is 0 Å². The first-order chi connectivity index (χ1) is 9.65. The summed E-state index contributed by atoms with van der Waals surface area (Å²) in [6.07, 6.45) is 3.91. The Morgan fingerprint density at radius 3 is 2.35 bits per heavy atom. The van der Waals surface area contributed by atoms with Crippen molar-refractivity contribution in [2.75, 3.05) is 19.6 Å². The van der Waals surface area contributed by atoms with Crippen molar-refractivity contribution in [1.82, 2.24) is 4.90 Å². The first-order valence-corrected chi connectivity index (χ1v) is 8.15. The van der Waals surface area contributed by atoms with Crippen molar-refractivity contribution in [2.24, 2.45) is 11.1 Å². The third kappa shape index (κ3) is 3.07. The Morgan fingerprint density at radius 1 is 1.20 bits per heavy atom. The maximum absolute atomic E-state index is 6.12. The Labute approximate surface area is 124 Å². The molecule has 0 radical (unpaired) electrons. The average Bonchev–Trinajstić information content (AvgIpc) is 2.94. The zero-order valence-electron chi connectivity index (χ0n) is 13.3. The number of hydrogen-bond acceptors (Lipinski definition) is 2. The summed E-state index contributed by atoms with van der Waals surface area (Å²) in [6, 6.07) is 11.3. The minimum absolute atomic E-state index is 0.470. The Balaban J connectivity index is 2.10. The average molecular weight is 274 g/mol.